The molecule has 0 radical (unpaired) electrons. The molecule has 3 heterocycles. The molecular weight excluding hydrogens is 264 g/mol. The molecule has 0 spiro atoms. The molecule has 0 unspecified atom stereocenters. The summed E-state index contributed by atoms with van der Waals surface area (Å²) in [5, 5.41) is 6.16. The minimum absolute atomic E-state index is 0.751. The lowest BCUT2D eigenvalue weighted by molar-refractivity contribution is 0.976. The van der Waals surface area contributed by atoms with E-state index >= 15 is 0 Å². The fourth-order valence-corrected chi connectivity index (χ4v) is 3.01. The van der Waals surface area contributed by atoms with Crippen molar-refractivity contribution in [2.24, 2.45) is 0 Å². The van der Waals surface area contributed by atoms with Crippen LogP contribution in [-0.4, -0.2) is 20.9 Å². The molecule has 0 atom stereocenters. The number of aromatic nitrogens is 3. The van der Waals surface area contributed by atoms with Gasteiger partial charge in [0.25, 0.3) is 0 Å². The van der Waals surface area contributed by atoms with E-state index in [-0.39, 0.29) is 0 Å². The van der Waals surface area contributed by atoms with Crippen molar-refractivity contribution in [3.63, 3.8) is 0 Å². The zero-order valence-corrected chi connectivity index (χ0v) is 11.5. The molecule has 92 valence electrons. The molecule has 1 N–H and O–H groups in total. The van der Waals surface area contributed by atoms with Crippen molar-refractivity contribution in [2.45, 2.75) is 13.3 Å². The van der Waals surface area contributed by atoms with E-state index < -0.39 is 0 Å². The van der Waals surface area contributed by atoms with Gasteiger partial charge in [0.05, 0.1) is 10.2 Å². The summed E-state index contributed by atoms with van der Waals surface area (Å²) in [6.07, 6.45) is 2.92. The average Bonchev–Trinajstić information content (AvgIpc) is 3.04. The number of fused-ring (bicyclic) bond motifs is 1. The number of nitrogens with zero attached hydrogens (tertiary/aromatic N) is 3. The minimum atomic E-state index is 0.751. The van der Waals surface area contributed by atoms with Crippen molar-refractivity contribution < 1.29 is 0 Å². The largest absolute Gasteiger partial charge is 0.360 e. The van der Waals surface area contributed by atoms with E-state index in [0.717, 1.165) is 35.0 Å². The van der Waals surface area contributed by atoms with E-state index in [0.29, 0.717) is 0 Å². The number of nitrogens with one attached hydrogen (secondary N) is 1. The second-order valence-corrected chi connectivity index (χ2v) is 5.58. The smallest absolute Gasteiger partial charge is 0.202 e. The highest BCUT2D eigenvalue weighted by atomic mass is 32.1. The van der Waals surface area contributed by atoms with Crippen molar-refractivity contribution >= 4 is 38.2 Å². The maximum atomic E-state index is 4.47. The number of rotatable bonds is 4. The van der Waals surface area contributed by atoms with E-state index in [4.69, 9.17) is 0 Å². The summed E-state index contributed by atoms with van der Waals surface area (Å²) in [5.41, 5.74) is 2.01. The summed E-state index contributed by atoms with van der Waals surface area (Å²) < 4.78 is 5.53. The van der Waals surface area contributed by atoms with Gasteiger partial charge in [-0.25, -0.2) is 0 Å². The third-order valence-corrected chi connectivity index (χ3v) is 4.04. The van der Waals surface area contributed by atoms with Crippen LogP contribution in [0, 0.1) is 0 Å². The summed E-state index contributed by atoms with van der Waals surface area (Å²) in [7, 11) is 0. The lowest BCUT2D eigenvalue weighted by Gasteiger charge is -1.97. The standard InChI is InChI=1S/C12H12N4S2/c1-2-4-13-12-15-11(16-18-12)8-6-10-9(14-7-8)3-5-17-10/h3,5-7H,2,4H2,1H3,(H,13,15,16). The summed E-state index contributed by atoms with van der Waals surface area (Å²) in [6, 6.07) is 4.12. The van der Waals surface area contributed by atoms with Crippen LogP contribution in [0.2, 0.25) is 0 Å². The highest BCUT2D eigenvalue weighted by Gasteiger charge is 2.08. The fourth-order valence-electron chi connectivity index (χ4n) is 1.61. The van der Waals surface area contributed by atoms with Crippen LogP contribution in [0.15, 0.2) is 23.7 Å². The number of hydrogen-bond donors (Lipinski definition) is 1. The molecule has 18 heavy (non-hydrogen) atoms. The van der Waals surface area contributed by atoms with Gasteiger partial charge in [-0.1, -0.05) is 6.92 Å². The Balaban J connectivity index is 1.90. The van der Waals surface area contributed by atoms with Crippen molar-refractivity contribution in [1.29, 1.82) is 0 Å². The number of thiophene rings is 1. The van der Waals surface area contributed by atoms with Crippen LogP contribution in [-0.2, 0) is 0 Å². The Kier molecular flexibility index (Phi) is 3.21. The molecule has 0 aliphatic heterocycles. The SMILES string of the molecule is CCCNc1nc(-c2cnc3ccsc3c2)ns1. The molecule has 3 aromatic rings. The van der Waals surface area contributed by atoms with Gasteiger partial charge in [0.15, 0.2) is 5.82 Å². The first-order chi connectivity index (χ1) is 8.86. The quantitative estimate of drug-likeness (QED) is 0.790. The molecule has 4 nitrogen and oxygen atoms in total. The highest BCUT2D eigenvalue weighted by molar-refractivity contribution is 7.17. The van der Waals surface area contributed by atoms with E-state index in [2.05, 4.69) is 32.6 Å². The van der Waals surface area contributed by atoms with Crippen molar-refractivity contribution in [3.05, 3.63) is 23.7 Å². The zero-order valence-electron chi connectivity index (χ0n) is 9.88. The summed E-state index contributed by atoms with van der Waals surface area (Å²) in [4.78, 5) is 8.87. The van der Waals surface area contributed by atoms with E-state index in [1.54, 1.807) is 11.3 Å². The summed E-state index contributed by atoms with van der Waals surface area (Å²) in [5.74, 6) is 0.751. The third-order valence-electron chi connectivity index (χ3n) is 2.51. The summed E-state index contributed by atoms with van der Waals surface area (Å²) >= 11 is 3.08. The Bertz CT molecular complexity index is 659. The van der Waals surface area contributed by atoms with Gasteiger partial charge < -0.3 is 5.32 Å². The van der Waals surface area contributed by atoms with Gasteiger partial charge in [-0.2, -0.15) is 9.36 Å². The summed E-state index contributed by atoms with van der Waals surface area (Å²) in [6.45, 7) is 3.06. The van der Waals surface area contributed by atoms with E-state index in [1.165, 1.54) is 16.2 Å². The van der Waals surface area contributed by atoms with Crippen LogP contribution in [0.25, 0.3) is 21.6 Å². The topological polar surface area (TPSA) is 50.7 Å². The van der Waals surface area contributed by atoms with Crippen LogP contribution in [0.5, 0.6) is 0 Å². The number of pyridine rings is 1. The van der Waals surface area contributed by atoms with Gasteiger partial charge in [0.1, 0.15) is 0 Å². The predicted octanol–water partition coefficient (Wildman–Crippen LogP) is 3.64. The van der Waals surface area contributed by atoms with Crippen LogP contribution in [0.1, 0.15) is 13.3 Å². The lowest BCUT2D eigenvalue weighted by atomic mass is 10.2. The molecule has 3 rings (SSSR count). The maximum Gasteiger partial charge on any atom is 0.202 e. The Morgan fingerprint density at radius 1 is 1.39 bits per heavy atom. The molecule has 0 saturated heterocycles. The lowest BCUT2D eigenvalue weighted by Crippen LogP contribution is -1.98. The molecular formula is C12H12N4S2. The number of hydrogen-bond acceptors (Lipinski definition) is 6. The third kappa shape index (κ3) is 2.21. The minimum Gasteiger partial charge on any atom is -0.360 e. The van der Waals surface area contributed by atoms with Crippen LogP contribution < -0.4 is 5.32 Å². The van der Waals surface area contributed by atoms with Crippen molar-refractivity contribution in [1.82, 2.24) is 14.3 Å². The van der Waals surface area contributed by atoms with Crippen molar-refractivity contribution in [3.8, 4) is 11.4 Å². The van der Waals surface area contributed by atoms with Gasteiger partial charge in [-0.3, -0.25) is 4.98 Å². The first-order valence-electron chi connectivity index (χ1n) is 5.78. The Morgan fingerprint density at radius 2 is 2.33 bits per heavy atom. The zero-order chi connectivity index (χ0) is 12.4. The number of anilines is 1. The normalized spacial score (nSPS) is 10.9. The molecule has 0 fully saturated rings. The Hall–Kier alpha value is -1.53. The van der Waals surface area contributed by atoms with E-state index in [9.17, 15) is 0 Å². The van der Waals surface area contributed by atoms with Crippen LogP contribution in [0.4, 0.5) is 5.13 Å². The van der Waals surface area contributed by atoms with Gasteiger partial charge in [0.2, 0.25) is 5.13 Å². The molecule has 0 saturated carbocycles. The van der Waals surface area contributed by atoms with Crippen LogP contribution in [0.3, 0.4) is 0 Å². The van der Waals surface area contributed by atoms with Gasteiger partial charge >= 0.3 is 0 Å². The first kappa shape index (κ1) is 11.6. The Morgan fingerprint density at radius 3 is 3.22 bits per heavy atom. The molecule has 0 aromatic carbocycles. The van der Waals surface area contributed by atoms with Crippen molar-refractivity contribution in [2.75, 3.05) is 11.9 Å². The predicted molar refractivity (Wildman–Crippen MR) is 77.3 cm³/mol. The average molecular weight is 276 g/mol. The second-order valence-electron chi connectivity index (χ2n) is 3.88. The van der Waals surface area contributed by atoms with E-state index in [1.807, 2.05) is 17.6 Å². The molecule has 0 aliphatic rings. The maximum absolute atomic E-state index is 4.47. The molecule has 0 amide bonds. The first-order valence-corrected chi connectivity index (χ1v) is 7.43. The monoisotopic (exact) mass is 276 g/mol. The fraction of sp³-hybridized carbons (Fsp3) is 0.250. The van der Waals surface area contributed by atoms with Gasteiger partial charge in [-0.05, 0) is 23.9 Å². The molecule has 0 bridgehead atoms. The Labute approximate surface area is 113 Å². The second kappa shape index (κ2) is 4.99. The molecule has 3 aromatic heterocycles. The van der Waals surface area contributed by atoms with Gasteiger partial charge in [-0.15, -0.1) is 11.3 Å². The van der Waals surface area contributed by atoms with Gasteiger partial charge in [0, 0.05) is 29.8 Å². The highest BCUT2D eigenvalue weighted by Crippen LogP contribution is 2.26. The molecule has 0 aliphatic carbocycles. The van der Waals surface area contributed by atoms with Crippen LogP contribution >= 0.6 is 22.9 Å². The molecule has 6 heteroatoms.